The lowest BCUT2D eigenvalue weighted by molar-refractivity contribution is 0.199. The molecule has 0 aromatic heterocycles. The van der Waals surface area contributed by atoms with Crippen molar-refractivity contribution in [3.63, 3.8) is 0 Å². The minimum Gasteiger partial charge on any atom is -0.383 e. The van der Waals surface area contributed by atoms with E-state index in [1.54, 1.807) is 7.11 Å². The Morgan fingerprint density at radius 1 is 1.40 bits per heavy atom. The largest absolute Gasteiger partial charge is 0.383 e. The van der Waals surface area contributed by atoms with E-state index in [0.717, 1.165) is 30.6 Å². The number of fused-ring (bicyclic) bond motifs is 2. The maximum absolute atomic E-state index is 6.49. The van der Waals surface area contributed by atoms with E-state index in [1.165, 1.54) is 37.1 Å². The minimum atomic E-state index is 0.706. The third-order valence-electron chi connectivity index (χ3n) is 4.57. The molecule has 20 heavy (non-hydrogen) atoms. The molecule has 1 aliphatic carbocycles. The average molecular weight is 295 g/mol. The van der Waals surface area contributed by atoms with E-state index < -0.39 is 0 Å². The van der Waals surface area contributed by atoms with Crippen LogP contribution in [0.1, 0.15) is 24.8 Å². The molecule has 1 heterocycles. The Bertz CT molecular complexity index is 466. The van der Waals surface area contributed by atoms with E-state index in [1.807, 2.05) is 12.1 Å². The van der Waals surface area contributed by atoms with Crippen LogP contribution in [0.4, 0.5) is 5.69 Å². The summed E-state index contributed by atoms with van der Waals surface area (Å²) in [6.07, 6.45) is 4.07. The Morgan fingerprint density at radius 3 is 3.00 bits per heavy atom. The Morgan fingerprint density at radius 2 is 2.30 bits per heavy atom. The third-order valence-corrected chi connectivity index (χ3v) is 4.87. The fourth-order valence-electron chi connectivity index (χ4n) is 3.62. The van der Waals surface area contributed by atoms with E-state index in [0.29, 0.717) is 6.04 Å². The number of hydrogen-bond acceptors (Lipinski definition) is 3. The normalized spacial score (nSPS) is 24.6. The topological polar surface area (TPSA) is 24.5 Å². The van der Waals surface area contributed by atoms with Gasteiger partial charge in [0.1, 0.15) is 0 Å². The first kappa shape index (κ1) is 14.2. The molecule has 1 aromatic rings. The molecule has 2 unspecified atom stereocenters. The van der Waals surface area contributed by atoms with Gasteiger partial charge in [-0.25, -0.2) is 0 Å². The zero-order chi connectivity index (χ0) is 13.9. The van der Waals surface area contributed by atoms with Crippen molar-refractivity contribution in [3.05, 3.63) is 28.8 Å². The molecule has 2 bridgehead atoms. The number of benzene rings is 1. The Balaban J connectivity index is 1.75. The molecule has 1 N–H and O–H groups in total. The van der Waals surface area contributed by atoms with Gasteiger partial charge >= 0.3 is 0 Å². The summed E-state index contributed by atoms with van der Waals surface area (Å²) in [6, 6.07) is 6.96. The minimum absolute atomic E-state index is 0.706. The van der Waals surface area contributed by atoms with Gasteiger partial charge in [0.15, 0.2) is 0 Å². The molecular weight excluding hydrogens is 272 g/mol. The van der Waals surface area contributed by atoms with Crippen LogP contribution >= 0.6 is 11.6 Å². The first-order valence-electron chi connectivity index (χ1n) is 7.53. The van der Waals surface area contributed by atoms with Gasteiger partial charge in [0.05, 0.1) is 17.3 Å². The fourth-order valence-corrected chi connectivity index (χ4v) is 3.92. The average Bonchev–Trinajstić information content (AvgIpc) is 3.06. The molecule has 4 heteroatoms. The number of anilines is 1. The highest BCUT2D eigenvalue weighted by Crippen LogP contribution is 2.43. The molecule has 0 amide bonds. The quantitative estimate of drug-likeness (QED) is 0.816. The van der Waals surface area contributed by atoms with E-state index in [4.69, 9.17) is 16.3 Å². The van der Waals surface area contributed by atoms with Gasteiger partial charge in [-0.3, -0.25) is 0 Å². The Kier molecular flexibility index (Phi) is 4.49. The fraction of sp³-hybridized carbons (Fsp3) is 0.625. The molecule has 2 fully saturated rings. The summed E-state index contributed by atoms with van der Waals surface area (Å²) in [7, 11) is 1.73. The van der Waals surface area contributed by atoms with Crippen molar-refractivity contribution in [1.29, 1.82) is 0 Å². The van der Waals surface area contributed by atoms with Gasteiger partial charge in [-0.15, -0.1) is 0 Å². The number of hydrogen-bond donors (Lipinski definition) is 1. The second kappa shape index (κ2) is 6.33. The maximum Gasteiger partial charge on any atom is 0.0643 e. The van der Waals surface area contributed by atoms with Crippen molar-refractivity contribution in [2.45, 2.75) is 31.8 Å². The van der Waals surface area contributed by atoms with Crippen LogP contribution in [0.25, 0.3) is 0 Å². The number of methoxy groups -OCH3 is 1. The standard InChI is InChI=1S/C16H23ClN2O/c1-20-8-7-18-10-13-3-2-4-15(17)16(13)19-11-12-5-6-14(19)9-12/h2-4,12,14,18H,5-11H2,1H3. The van der Waals surface area contributed by atoms with Crippen molar-refractivity contribution in [2.24, 2.45) is 5.92 Å². The van der Waals surface area contributed by atoms with Crippen molar-refractivity contribution in [3.8, 4) is 0 Å². The second-order valence-corrected chi connectivity index (χ2v) is 6.31. The van der Waals surface area contributed by atoms with Crippen LogP contribution in [0.5, 0.6) is 0 Å². The molecule has 110 valence electrons. The predicted octanol–water partition coefficient (Wildman–Crippen LogP) is 3.06. The monoisotopic (exact) mass is 294 g/mol. The summed E-state index contributed by atoms with van der Waals surface area (Å²) < 4.78 is 5.07. The highest BCUT2D eigenvalue weighted by atomic mass is 35.5. The zero-order valence-corrected chi connectivity index (χ0v) is 12.8. The summed E-state index contributed by atoms with van der Waals surface area (Å²) in [5.41, 5.74) is 2.56. The number of halogens is 1. The number of nitrogens with zero attached hydrogens (tertiary/aromatic N) is 1. The second-order valence-electron chi connectivity index (χ2n) is 5.90. The lowest BCUT2D eigenvalue weighted by atomic mass is 10.1. The molecule has 1 saturated carbocycles. The molecule has 3 nitrogen and oxygen atoms in total. The van der Waals surface area contributed by atoms with Crippen LogP contribution in [-0.2, 0) is 11.3 Å². The van der Waals surface area contributed by atoms with Gasteiger partial charge < -0.3 is 15.0 Å². The highest BCUT2D eigenvalue weighted by Gasteiger charge is 2.39. The SMILES string of the molecule is COCCNCc1cccc(Cl)c1N1CC2CCC1C2. The number of nitrogens with one attached hydrogen (secondary N) is 1. The summed E-state index contributed by atoms with van der Waals surface area (Å²) in [5.74, 6) is 0.880. The van der Waals surface area contributed by atoms with Crippen LogP contribution in [0.3, 0.4) is 0 Å². The Hall–Kier alpha value is -0.770. The molecule has 0 spiro atoms. The smallest absolute Gasteiger partial charge is 0.0643 e. The van der Waals surface area contributed by atoms with E-state index in [2.05, 4.69) is 16.3 Å². The summed E-state index contributed by atoms with van der Waals surface area (Å²) >= 11 is 6.49. The van der Waals surface area contributed by atoms with E-state index in [-0.39, 0.29) is 0 Å². The molecule has 2 atom stereocenters. The van der Waals surface area contributed by atoms with Crippen molar-refractivity contribution >= 4 is 17.3 Å². The van der Waals surface area contributed by atoms with Crippen LogP contribution in [0, 0.1) is 5.92 Å². The maximum atomic E-state index is 6.49. The first-order chi connectivity index (χ1) is 9.79. The summed E-state index contributed by atoms with van der Waals surface area (Å²) in [4.78, 5) is 2.55. The van der Waals surface area contributed by atoms with Gasteiger partial charge in [-0.05, 0) is 36.8 Å². The zero-order valence-electron chi connectivity index (χ0n) is 12.1. The van der Waals surface area contributed by atoms with Gasteiger partial charge in [-0.2, -0.15) is 0 Å². The molecule has 2 aliphatic rings. The molecule has 0 radical (unpaired) electrons. The van der Waals surface area contributed by atoms with E-state index in [9.17, 15) is 0 Å². The van der Waals surface area contributed by atoms with Gasteiger partial charge in [0.2, 0.25) is 0 Å². The summed E-state index contributed by atoms with van der Waals surface area (Å²) in [5, 5.41) is 4.32. The van der Waals surface area contributed by atoms with Crippen LogP contribution in [0.15, 0.2) is 18.2 Å². The summed E-state index contributed by atoms with van der Waals surface area (Å²) in [6.45, 7) is 3.64. The predicted molar refractivity (Wildman–Crippen MR) is 83.5 cm³/mol. The molecule has 3 rings (SSSR count). The van der Waals surface area contributed by atoms with Crippen LogP contribution in [0.2, 0.25) is 5.02 Å². The number of para-hydroxylation sites is 1. The van der Waals surface area contributed by atoms with Crippen molar-refractivity contribution in [1.82, 2.24) is 5.32 Å². The van der Waals surface area contributed by atoms with Gasteiger partial charge in [0, 0.05) is 32.8 Å². The molecule has 1 aliphatic heterocycles. The first-order valence-corrected chi connectivity index (χ1v) is 7.91. The lowest BCUT2D eigenvalue weighted by Gasteiger charge is -2.32. The van der Waals surface area contributed by atoms with E-state index >= 15 is 0 Å². The number of ether oxygens (including phenoxy) is 1. The van der Waals surface area contributed by atoms with Crippen molar-refractivity contribution < 1.29 is 4.74 Å². The molecule has 1 aromatic carbocycles. The third kappa shape index (κ3) is 2.80. The molecular formula is C16H23ClN2O. The van der Waals surface area contributed by atoms with Crippen LogP contribution < -0.4 is 10.2 Å². The lowest BCUT2D eigenvalue weighted by Crippen LogP contribution is -2.33. The van der Waals surface area contributed by atoms with Gasteiger partial charge in [0.25, 0.3) is 0 Å². The highest BCUT2D eigenvalue weighted by molar-refractivity contribution is 6.33. The number of piperidine rings is 1. The van der Waals surface area contributed by atoms with Gasteiger partial charge in [-0.1, -0.05) is 23.7 Å². The number of rotatable bonds is 6. The Labute approximate surface area is 126 Å². The van der Waals surface area contributed by atoms with Crippen molar-refractivity contribution in [2.75, 3.05) is 31.7 Å². The molecule has 1 saturated heterocycles. The van der Waals surface area contributed by atoms with Crippen LogP contribution in [-0.4, -0.2) is 32.8 Å².